The van der Waals surface area contributed by atoms with Crippen molar-refractivity contribution in [3.63, 3.8) is 0 Å². The van der Waals surface area contributed by atoms with Gasteiger partial charge < -0.3 is 10.2 Å². The highest BCUT2D eigenvalue weighted by atomic mass is 35.5. The zero-order chi connectivity index (χ0) is 20.7. The standard InChI is InChI=1S/C21H20FN7O.ClH/c1-27-11-16(9-25-27)18-13-29-19(4-5-24-29)21(26-18)14-2-3-15(17(22)8-14)12-28-7-6-23-10-20(28)30;/h2-5,8-9,11,13,23H,6-7,10,12H2,1H3;1H. The maximum absolute atomic E-state index is 15.0. The fourth-order valence-electron chi connectivity index (χ4n) is 3.67. The van der Waals surface area contributed by atoms with E-state index in [0.717, 1.165) is 17.6 Å². The van der Waals surface area contributed by atoms with Crippen LogP contribution in [0.4, 0.5) is 4.39 Å². The number of aromatic nitrogens is 5. The first-order valence-electron chi connectivity index (χ1n) is 9.69. The van der Waals surface area contributed by atoms with Gasteiger partial charge in [0.1, 0.15) is 5.82 Å². The van der Waals surface area contributed by atoms with E-state index < -0.39 is 0 Å². The molecule has 31 heavy (non-hydrogen) atoms. The quantitative estimate of drug-likeness (QED) is 0.525. The number of piperazine rings is 1. The van der Waals surface area contributed by atoms with Gasteiger partial charge in [0, 0.05) is 49.6 Å². The second-order valence-electron chi connectivity index (χ2n) is 7.34. The van der Waals surface area contributed by atoms with Crippen LogP contribution in [0.15, 0.2) is 49.1 Å². The number of carbonyl (C=O) groups excluding carboxylic acids is 1. The van der Waals surface area contributed by atoms with Gasteiger partial charge in [-0.2, -0.15) is 10.2 Å². The van der Waals surface area contributed by atoms with Gasteiger partial charge in [0.15, 0.2) is 0 Å². The number of benzene rings is 1. The molecule has 0 unspecified atom stereocenters. The molecule has 1 aliphatic rings. The van der Waals surface area contributed by atoms with E-state index in [9.17, 15) is 9.18 Å². The zero-order valence-corrected chi connectivity index (χ0v) is 17.6. The van der Waals surface area contributed by atoms with E-state index >= 15 is 0 Å². The zero-order valence-electron chi connectivity index (χ0n) is 16.8. The molecule has 3 aromatic heterocycles. The van der Waals surface area contributed by atoms with Gasteiger partial charge in [-0.05, 0) is 12.1 Å². The van der Waals surface area contributed by atoms with Gasteiger partial charge in [-0.1, -0.05) is 12.1 Å². The van der Waals surface area contributed by atoms with E-state index in [0.29, 0.717) is 35.6 Å². The first-order chi connectivity index (χ1) is 14.6. The van der Waals surface area contributed by atoms with Crippen LogP contribution < -0.4 is 5.32 Å². The lowest BCUT2D eigenvalue weighted by atomic mass is 10.1. The summed E-state index contributed by atoms with van der Waals surface area (Å²) in [4.78, 5) is 18.4. The molecule has 8 nitrogen and oxygen atoms in total. The van der Waals surface area contributed by atoms with Gasteiger partial charge in [0.05, 0.1) is 42.0 Å². The summed E-state index contributed by atoms with van der Waals surface area (Å²) in [6.07, 6.45) is 7.12. The van der Waals surface area contributed by atoms with Crippen molar-refractivity contribution in [2.45, 2.75) is 6.54 Å². The van der Waals surface area contributed by atoms with Crippen LogP contribution in [0.25, 0.3) is 28.0 Å². The fraction of sp³-hybridized carbons (Fsp3) is 0.238. The van der Waals surface area contributed by atoms with E-state index in [1.54, 1.807) is 32.6 Å². The van der Waals surface area contributed by atoms with E-state index in [-0.39, 0.29) is 30.7 Å². The van der Waals surface area contributed by atoms with Crippen molar-refractivity contribution in [2.75, 3.05) is 19.6 Å². The van der Waals surface area contributed by atoms with Gasteiger partial charge in [-0.25, -0.2) is 13.9 Å². The molecule has 0 radical (unpaired) electrons. The van der Waals surface area contributed by atoms with Crippen LogP contribution in [0.1, 0.15) is 5.56 Å². The number of amides is 1. The average Bonchev–Trinajstić information content (AvgIpc) is 3.39. The second kappa shape index (κ2) is 8.44. The lowest BCUT2D eigenvalue weighted by Gasteiger charge is -2.27. The Balaban J connectivity index is 0.00000231. The third kappa shape index (κ3) is 4.01. The van der Waals surface area contributed by atoms with Crippen LogP contribution >= 0.6 is 12.4 Å². The highest BCUT2D eigenvalue weighted by Crippen LogP contribution is 2.28. The molecular formula is C21H21ClFN7O. The number of hydrogen-bond donors (Lipinski definition) is 1. The number of fused-ring (bicyclic) bond motifs is 1. The van der Waals surface area contributed by atoms with Crippen LogP contribution in [0.5, 0.6) is 0 Å². The summed E-state index contributed by atoms with van der Waals surface area (Å²) in [5.74, 6) is -0.374. The van der Waals surface area contributed by atoms with Crippen LogP contribution in [0.2, 0.25) is 0 Å². The molecule has 0 saturated carbocycles. The maximum Gasteiger partial charge on any atom is 0.236 e. The van der Waals surface area contributed by atoms with Crippen molar-refractivity contribution in [1.29, 1.82) is 0 Å². The van der Waals surface area contributed by atoms with Crippen LogP contribution in [0.3, 0.4) is 0 Å². The number of nitrogens with zero attached hydrogens (tertiary/aromatic N) is 6. The Morgan fingerprint density at radius 1 is 1.16 bits per heavy atom. The number of carbonyl (C=O) groups is 1. The molecule has 1 saturated heterocycles. The molecule has 0 spiro atoms. The normalized spacial score (nSPS) is 14.1. The Labute approximate surface area is 184 Å². The SMILES string of the molecule is Cl.Cn1cc(-c2cn3nccc3c(-c3ccc(CN4CCNCC4=O)c(F)c3)n2)cn1. The molecule has 0 atom stereocenters. The van der Waals surface area contributed by atoms with Crippen LogP contribution in [0, 0.1) is 5.82 Å². The summed E-state index contributed by atoms with van der Waals surface area (Å²) < 4.78 is 18.4. The topological polar surface area (TPSA) is 80.4 Å². The summed E-state index contributed by atoms with van der Waals surface area (Å²) in [5.41, 5.74) is 4.11. The second-order valence-corrected chi connectivity index (χ2v) is 7.34. The molecule has 160 valence electrons. The first kappa shape index (κ1) is 21.0. The van der Waals surface area contributed by atoms with Crippen molar-refractivity contribution >= 4 is 23.8 Å². The summed E-state index contributed by atoms with van der Waals surface area (Å²) >= 11 is 0. The van der Waals surface area contributed by atoms with Gasteiger partial charge in [0.2, 0.25) is 5.91 Å². The summed E-state index contributed by atoms with van der Waals surface area (Å²) in [7, 11) is 1.84. The molecule has 4 aromatic rings. The van der Waals surface area contributed by atoms with Gasteiger partial charge in [-0.3, -0.25) is 9.48 Å². The fourth-order valence-corrected chi connectivity index (χ4v) is 3.67. The van der Waals surface area contributed by atoms with Crippen molar-refractivity contribution in [3.8, 4) is 22.5 Å². The average molecular weight is 442 g/mol. The van der Waals surface area contributed by atoms with Crippen molar-refractivity contribution in [3.05, 3.63) is 60.4 Å². The predicted octanol–water partition coefficient (Wildman–Crippen LogP) is 2.29. The van der Waals surface area contributed by atoms with E-state index in [4.69, 9.17) is 4.98 Å². The van der Waals surface area contributed by atoms with Crippen molar-refractivity contribution in [1.82, 2.24) is 34.6 Å². The number of hydrogen-bond acceptors (Lipinski definition) is 5. The van der Waals surface area contributed by atoms with Crippen molar-refractivity contribution in [2.24, 2.45) is 7.05 Å². The number of rotatable bonds is 4. The first-order valence-corrected chi connectivity index (χ1v) is 9.69. The molecule has 5 rings (SSSR count). The molecule has 1 aromatic carbocycles. The minimum atomic E-state index is -0.356. The molecular weight excluding hydrogens is 421 g/mol. The molecule has 1 aliphatic heterocycles. The van der Waals surface area contributed by atoms with Crippen molar-refractivity contribution < 1.29 is 9.18 Å². The largest absolute Gasteiger partial charge is 0.336 e. The monoisotopic (exact) mass is 441 g/mol. The molecule has 1 amide bonds. The maximum atomic E-state index is 15.0. The van der Waals surface area contributed by atoms with E-state index in [2.05, 4.69) is 15.5 Å². The molecule has 1 fully saturated rings. The van der Waals surface area contributed by atoms with E-state index in [1.165, 1.54) is 6.07 Å². The Kier molecular flexibility index (Phi) is 5.71. The Morgan fingerprint density at radius 2 is 2.03 bits per heavy atom. The summed E-state index contributed by atoms with van der Waals surface area (Å²) in [5, 5.41) is 11.6. The minimum Gasteiger partial charge on any atom is -0.336 e. The number of nitrogens with one attached hydrogen (secondary N) is 1. The predicted molar refractivity (Wildman–Crippen MR) is 116 cm³/mol. The molecule has 1 N–H and O–H groups in total. The molecule has 10 heteroatoms. The number of aryl methyl sites for hydroxylation is 1. The van der Waals surface area contributed by atoms with Gasteiger partial charge in [-0.15, -0.1) is 12.4 Å². The molecule has 4 heterocycles. The highest BCUT2D eigenvalue weighted by Gasteiger charge is 2.20. The van der Waals surface area contributed by atoms with Crippen LogP contribution in [-0.2, 0) is 18.4 Å². The lowest BCUT2D eigenvalue weighted by molar-refractivity contribution is -0.132. The Hall–Kier alpha value is -3.30. The molecule has 0 aliphatic carbocycles. The minimum absolute atomic E-state index is 0. The molecule has 0 bridgehead atoms. The Bertz CT molecular complexity index is 1250. The van der Waals surface area contributed by atoms with Crippen LogP contribution in [-0.4, -0.2) is 54.8 Å². The van der Waals surface area contributed by atoms with E-state index in [1.807, 2.05) is 31.6 Å². The Morgan fingerprint density at radius 3 is 2.77 bits per heavy atom. The summed E-state index contributed by atoms with van der Waals surface area (Å²) in [6, 6.07) is 6.89. The smallest absolute Gasteiger partial charge is 0.236 e. The third-order valence-electron chi connectivity index (χ3n) is 5.27. The summed E-state index contributed by atoms with van der Waals surface area (Å²) in [6.45, 7) is 1.85. The highest BCUT2D eigenvalue weighted by molar-refractivity contribution is 5.85. The lowest BCUT2D eigenvalue weighted by Crippen LogP contribution is -2.47. The third-order valence-corrected chi connectivity index (χ3v) is 5.27. The van der Waals surface area contributed by atoms with Gasteiger partial charge in [0.25, 0.3) is 0 Å². The number of halogens is 2. The van der Waals surface area contributed by atoms with Gasteiger partial charge >= 0.3 is 0 Å².